The number of hydrogen-bond donors (Lipinski definition) is 1. The van der Waals surface area contributed by atoms with Crippen molar-refractivity contribution in [3.8, 4) is 0 Å². The van der Waals surface area contributed by atoms with Crippen LogP contribution in [0.25, 0.3) is 0 Å². The van der Waals surface area contributed by atoms with Gasteiger partial charge in [0, 0.05) is 16.5 Å². The van der Waals surface area contributed by atoms with E-state index in [0.717, 1.165) is 0 Å². The van der Waals surface area contributed by atoms with Crippen LogP contribution in [0.3, 0.4) is 0 Å². The number of benzene rings is 1. The number of ether oxygens (including phenoxy) is 1. The van der Waals surface area contributed by atoms with E-state index in [9.17, 15) is 18.9 Å². The van der Waals surface area contributed by atoms with E-state index in [1.165, 1.54) is 4.90 Å². The van der Waals surface area contributed by atoms with Crippen molar-refractivity contribution in [1.29, 1.82) is 0 Å². The van der Waals surface area contributed by atoms with Gasteiger partial charge in [-0.2, -0.15) is 0 Å². The Morgan fingerprint density at radius 1 is 1.32 bits per heavy atom. The van der Waals surface area contributed by atoms with Gasteiger partial charge in [-0.05, 0) is 44.1 Å². The predicted molar refractivity (Wildman–Crippen MR) is 108 cm³/mol. The van der Waals surface area contributed by atoms with E-state index in [2.05, 4.69) is 21.2 Å². The fourth-order valence-corrected chi connectivity index (χ4v) is 5.50. The molecule has 7 nitrogen and oxygen atoms in total. The van der Waals surface area contributed by atoms with Crippen LogP contribution < -0.4 is 5.32 Å². The molecule has 0 spiro atoms. The Bertz CT molecular complexity index is 836. The number of halogens is 1. The average molecular weight is 469 g/mol. The smallest absolute Gasteiger partial charge is 0.355 e. The molecule has 1 aromatic carbocycles. The van der Waals surface area contributed by atoms with E-state index < -0.39 is 46.0 Å². The number of alkyl halides is 1. The van der Waals surface area contributed by atoms with Crippen LogP contribution in [0.2, 0.25) is 0 Å². The molecule has 1 saturated heterocycles. The molecule has 3 rings (SSSR count). The van der Waals surface area contributed by atoms with Crippen LogP contribution in [0.15, 0.2) is 41.6 Å². The minimum atomic E-state index is -1.45. The predicted octanol–water partition coefficient (Wildman–Crippen LogP) is 1.71. The number of hydrogen-bond acceptors (Lipinski definition) is 5. The van der Waals surface area contributed by atoms with E-state index in [4.69, 9.17) is 4.74 Å². The molecule has 28 heavy (non-hydrogen) atoms. The Balaban J connectivity index is 1.84. The maximum absolute atomic E-state index is 12.8. The van der Waals surface area contributed by atoms with E-state index in [1.807, 2.05) is 0 Å². The Morgan fingerprint density at radius 2 is 1.96 bits per heavy atom. The van der Waals surface area contributed by atoms with Gasteiger partial charge in [-0.3, -0.25) is 14.5 Å². The van der Waals surface area contributed by atoms with Crippen LogP contribution in [-0.4, -0.2) is 55.3 Å². The van der Waals surface area contributed by atoms with Crippen LogP contribution in [0.5, 0.6) is 0 Å². The Labute approximate surface area is 174 Å². The fraction of sp³-hybridized carbons (Fsp3) is 0.421. The molecule has 1 N–H and O–H groups in total. The zero-order valence-electron chi connectivity index (χ0n) is 15.7. The number of amides is 2. The number of carbonyl (C=O) groups excluding carboxylic acids is 3. The normalized spacial score (nSPS) is 24.4. The van der Waals surface area contributed by atoms with Crippen LogP contribution in [0, 0.1) is 0 Å². The maximum Gasteiger partial charge on any atom is 0.355 e. The van der Waals surface area contributed by atoms with Gasteiger partial charge < -0.3 is 14.6 Å². The molecule has 3 atom stereocenters. The van der Waals surface area contributed by atoms with Gasteiger partial charge in [-0.25, -0.2) is 4.79 Å². The summed E-state index contributed by atoms with van der Waals surface area (Å²) in [6.07, 6.45) is 0. The van der Waals surface area contributed by atoms with Crippen molar-refractivity contribution in [3.05, 3.63) is 47.2 Å². The summed E-state index contributed by atoms with van der Waals surface area (Å²) in [7, 11) is 0. The van der Waals surface area contributed by atoms with Crippen molar-refractivity contribution in [2.75, 3.05) is 11.1 Å². The molecule has 0 aromatic heterocycles. The van der Waals surface area contributed by atoms with Crippen LogP contribution in [0.1, 0.15) is 31.1 Å². The highest BCUT2D eigenvalue weighted by molar-refractivity contribution is 9.09. The first-order chi connectivity index (χ1) is 13.1. The Morgan fingerprint density at radius 3 is 2.54 bits per heavy atom. The first kappa shape index (κ1) is 20.9. The molecule has 2 aliphatic heterocycles. The molecular weight excluding hydrogens is 448 g/mol. The summed E-state index contributed by atoms with van der Waals surface area (Å²) in [5.41, 5.74) is 0.332. The summed E-state index contributed by atoms with van der Waals surface area (Å²) in [5, 5.41) is 2.15. The summed E-state index contributed by atoms with van der Waals surface area (Å²) >= 11 is 1.85. The number of fused-ring (bicyclic) bond motifs is 1. The molecule has 2 aliphatic rings. The van der Waals surface area contributed by atoms with Gasteiger partial charge in [0.25, 0.3) is 11.8 Å². The zero-order valence-corrected chi connectivity index (χ0v) is 18.1. The maximum atomic E-state index is 12.8. The third kappa shape index (κ3) is 3.97. The molecule has 0 bridgehead atoms. The minimum absolute atomic E-state index is 0.117. The average Bonchev–Trinajstić information content (AvgIpc) is 2.64. The van der Waals surface area contributed by atoms with E-state index in [-0.39, 0.29) is 11.4 Å². The summed E-state index contributed by atoms with van der Waals surface area (Å²) < 4.78 is 18.1. The second-order valence-corrected chi connectivity index (χ2v) is 9.62. The number of carbonyl (C=O) groups is 3. The standard InChI is InChI=1S/C19H21BrN2O5S/c1-19(2,3)27-18(25)14-12(9-20)10-28(26)17-13(16(24)22(14)17)21-15(23)11-7-5-4-6-8-11/h4-8,13,17H,9-10H2,1-3H3,(H,21,23)/t13-,17-,28?/m1/s1. The van der Waals surface area contributed by atoms with E-state index in [0.29, 0.717) is 16.5 Å². The first-order valence-corrected chi connectivity index (χ1v) is 11.2. The van der Waals surface area contributed by atoms with Gasteiger partial charge in [0.15, 0.2) is 6.04 Å². The lowest BCUT2D eigenvalue weighted by Gasteiger charge is -2.49. The van der Waals surface area contributed by atoms with E-state index >= 15 is 0 Å². The van der Waals surface area contributed by atoms with Crippen molar-refractivity contribution in [2.24, 2.45) is 0 Å². The summed E-state index contributed by atoms with van der Waals surface area (Å²) in [6.45, 7) is 5.20. The van der Waals surface area contributed by atoms with E-state index in [1.54, 1.807) is 51.1 Å². The third-order valence-electron chi connectivity index (χ3n) is 4.28. The first-order valence-electron chi connectivity index (χ1n) is 8.71. The molecule has 0 radical (unpaired) electrons. The SMILES string of the molecule is CC(C)(C)OC(=O)C1=C(CBr)C[S+]([O-])[C@@H]2[C@H](NC(=O)c3ccccc3)C(=O)N12. The van der Waals surface area contributed by atoms with Crippen LogP contribution in [0.4, 0.5) is 0 Å². The number of esters is 1. The lowest BCUT2D eigenvalue weighted by atomic mass is 10.0. The molecule has 1 unspecified atom stereocenters. The van der Waals surface area contributed by atoms with Crippen molar-refractivity contribution < 1.29 is 23.7 Å². The summed E-state index contributed by atoms with van der Waals surface area (Å²) in [5.74, 6) is -1.40. The highest BCUT2D eigenvalue weighted by atomic mass is 79.9. The topological polar surface area (TPSA) is 98.8 Å². The molecule has 0 saturated carbocycles. The highest BCUT2D eigenvalue weighted by Crippen LogP contribution is 2.38. The molecule has 1 fully saturated rings. The Kier molecular flexibility index (Phi) is 5.88. The lowest BCUT2D eigenvalue weighted by molar-refractivity contribution is -0.158. The molecule has 9 heteroatoms. The number of nitrogens with zero attached hydrogens (tertiary/aromatic N) is 1. The summed E-state index contributed by atoms with van der Waals surface area (Å²) in [6, 6.07) is 7.53. The van der Waals surface area contributed by atoms with Gasteiger partial charge in [0.1, 0.15) is 17.1 Å². The zero-order chi connectivity index (χ0) is 20.6. The van der Waals surface area contributed by atoms with Gasteiger partial charge in [0.05, 0.1) is 0 Å². The quantitative estimate of drug-likeness (QED) is 0.313. The van der Waals surface area contributed by atoms with Gasteiger partial charge in [0.2, 0.25) is 5.37 Å². The molecule has 2 amide bonds. The molecule has 2 heterocycles. The lowest BCUT2D eigenvalue weighted by Crippen LogP contribution is -2.75. The summed E-state index contributed by atoms with van der Waals surface area (Å²) in [4.78, 5) is 39.1. The third-order valence-corrected chi connectivity index (χ3v) is 6.61. The molecule has 150 valence electrons. The number of rotatable bonds is 4. The second kappa shape index (κ2) is 7.88. The van der Waals surface area contributed by atoms with Gasteiger partial charge in [-0.15, -0.1) is 0 Å². The second-order valence-electron chi connectivity index (χ2n) is 7.53. The van der Waals surface area contributed by atoms with Crippen molar-refractivity contribution >= 4 is 44.9 Å². The largest absolute Gasteiger partial charge is 0.614 e. The van der Waals surface area contributed by atoms with Gasteiger partial charge in [-0.1, -0.05) is 34.1 Å². The van der Waals surface area contributed by atoms with Crippen molar-refractivity contribution in [3.63, 3.8) is 0 Å². The highest BCUT2D eigenvalue weighted by Gasteiger charge is 2.61. The van der Waals surface area contributed by atoms with Crippen molar-refractivity contribution in [2.45, 2.75) is 37.8 Å². The minimum Gasteiger partial charge on any atom is -0.614 e. The number of β-lactam (4-membered cyclic amide) rings is 1. The number of nitrogens with one attached hydrogen (secondary N) is 1. The van der Waals surface area contributed by atoms with Crippen LogP contribution >= 0.6 is 15.9 Å². The van der Waals surface area contributed by atoms with Crippen LogP contribution in [-0.2, 0) is 25.5 Å². The van der Waals surface area contributed by atoms with Gasteiger partial charge >= 0.3 is 5.97 Å². The molecule has 1 aromatic rings. The van der Waals surface area contributed by atoms with Crippen molar-refractivity contribution in [1.82, 2.24) is 10.2 Å². The molecular formula is C19H21BrN2O5S. The molecule has 0 aliphatic carbocycles. The monoisotopic (exact) mass is 468 g/mol. The Hall–Kier alpha value is -1.84. The fourth-order valence-electron chi connectivity index (χ4n) is 3.08.